The molecule has 0 aliphatic heterocycles. The van der Waals surface area contributed by atoms with Gasteiger partial charge in [-0.05, 0) is 42.0 Å². The summed E-state index contributed by atoms with van der Waals surface area (Å²) >= 11 is 0. The molecule has 0 amide bonds. The van der Waals surface area contributed by atoms with Gasteiger partial charge in [-0.15, -0.1) is 0 Å². The topological polar surface area (TPSA) is 56.0 Å². The number of benzene rings is 2. The Hall–Kier alpha value is -2.27. The van der Waals surface area contributed by atoms with Crippen LogP contribution in [0, 0.1) is 5.82 Å². The number of pyridine rings is 1. The quantitative estimate of drug-likeness (QED) is 0.755. The molecule has 0 aliphatic carbocycles. The SMILES string of the molecule is Nc1cc(F)ccc1S(=O)Cc1ccc2ncccc2c1. The van der Waals surface area contributed by atoms with Crippen LogP contribution in [0.2, 0.25) is 0 Å². The van der Waals surface area contributed by atoms with Crippen LogP contribution < -0.4 is 5.73 Å². The number of nitrogen functional groups attached to an aromatic ring is 1. The van der Waals surface area contributed by atoms with Crippen molar-refractivity contribution in [2.45, 2.75) is 10.6 Å². The monoisotopic (exact) mass is 300 g/mol. The lowest BCUT2D eigenvalue weighted by Gasteiger charge is -2.07. The zero-order valence-corrected chi connectivity index (χ0v) is 11.9. The van der Waals surface area contributed by atoms with Gasteiger partial charge in [-0.1, -0.05) is 12.1 Å². The molecule has 106 valence electrons. The maximum absolute atomic E-state index is 13.0. The average molecular weight is 300 g/mol. The molecule has 1 heterocycles. The van der Waals surface area contributed by atoms with E-state index in [9.17, 15) is 8.60 Å². The summed E-state index contributed by atoms with van der Waals surface area (Å²) < 4.78 is 25.4. The lowest BCUT2D eigenvalue weighted by atomic mass is 10.1. The first-order valence-corrected chi connectivity index (χ1v) is 7.72. The van der Waals surface area contributed by atoms with E-state index in [-0.39, 0.29) is 5.69 Å². The number of nitrogens with two attached hydrogens (primary N) is 1. The van der Waals surface area contributed by atoms with E-state index in [0.717, 1.165) is 16.5 Å². The molecule has 3 rings (SSSR count). The maximum atomic E-state index is 13.0. The molecule has 1 atom stereocenters. The normalized spacial score (nSPS) is 12.4. The molecule has 21 heavy (non-hydrogen) atoms. The standard InChI is InChI=1S/C16H13FN2OS/c17-13-4-6-16(14(18)9-13)21(20)10-11-3-5-15-12(8-11)2-1-7-19-15/h1-9H,10,18H2. The summed E-state index contributed by atoms with van der Waals surface area (Å²) in [6, 6.07) is 13.5. The predicted molar refractivity (Wildman–Crippen MR) is 82.7 cm³/mol. The van der Waals surface area contributed by atoms with Crippen LogP contribution >= 0.6 is 0 Å². The van der Waals surface area contributed by atoms with Gasteiger partial charge in [0.25, 0.3) is 0 Å². The third kappa shape index (κ3) is 2.92. The summed E-state index contributed by atoms with van der Waals surface area (Å²) in [7, 11) is -1.31. The summed E-state index contributed by atoms with van der Waals surface area (Å²) in [6.45, 7) is 0. The van der Waals surface area contributed by atoms with Gasteiger partial charge in [-0.2, -0.15) is 0 Å². The number of anilines is 1. The van der Waals surface area contributed by atoms with E-state index in [1.165, 1.54) is 18.2 Å². The van der Waals surface area contributed by atoms with Crippen molar-refractivity contribution in [1.29, 1.82) is 0 Å². The number of hydrogen-bond donors (Lipinski definition) is 1. The fourth-order valence-corrected chi connectivity index (χ4v) is 3.35. The van der Waals surface area contributed by atoms with E-state index in [2.05, 4.69) is 4.98 Å². The first kappa shape index (κ1) is 13.7. The minimum absolute atomic E-state index is 0.218. The van der Waals surface area contributed by atoms with Gasteiger partial charge in [0.05, 0.1) is 32.7 Å². The van der Waals surface area contributed by atoms with Gasteiger partial charge in [0.15, 0.2) is 0 Å². The molecule has 0 fully saturated rings. The highest BCUT2D eigenvalue weighted by Gasteiger charge is 2.10. The number of halogens is 1. The highest BCUT2D eigenvalue weighted by Crippen LogP contribution is 2.21. The van der Waals surface area contributed by atoms with E-state index in [1.807, 2.05) is 30.3 Å². The summed E-state index contributed by atoms with van der Waals surface area (Å²) in [6.07, 6.45) is 1.74. The van der Waals surface area contributed by atoms with E-state index in [0.29, 0.717) is 10.6 Å². The Bertz CT molecular complexity index is 835. The summed E-state index contributed by atoms with van der Waals surface area (Å²) in [4.78, 5) is 4.71. The lowest BCUT2D eigenvalue weighted by molar-refractivity contribution is 0.627. The highest BCUT2D eigenvalue weighted by atomic mass is 32.2. The Balaban J connectivity index is 1.89. The molecule has 0 radical (unpaired) electrons. The van der Waals surface area contributed by atoms with Crippen molar-refractivity contribution >= 4 is 27.4 Å². The highest BCUT2D eigenvalue weighted by molar-refractivity contribution is 7.84. The molecule has 1 unspecified atom stereocenters. The Morgan fingerprint density at radius 3 is 2.81 bits per heavy atom. The van der Waals surface area contributed by atoms with Crippen LogP contribution in [0.5, 0.6) is 0 Å². The predicted octanol–water partition coefficient (Wildman–Crippen LogP) is 3.26. The summed E-state index contributed by atoms with van der Waals surface area (Å²) in [5.74, 6) is -0.0919. The second-order valence-electron chi connectivity index (χ2n) is 4.70. The Kier molecular flexibility index (Phi) is 3.66. The van der Waals surface area contributed by atoms with Crippen molar-refractivity contribution in [3.8, 4) is 0 Å². The second kappa shape index (κ2) is 5.61. The molecule has 0 saturated heterocycles. The van der Waals surface area contributed by atoms with E-state index >= 15 is 0 Å². The number of hydrogen-bond acceptors (Lipinski definition) is 3. The number of rotatable bonds is 3. The van der Waals surface area contributed by atoms with Gasteiger partial charge in [-0.3, -0.25) is 9.19 Å². The minimum Gasteiger partial charge on any atom is -0.398 e. The molecule has 2 aromatic carbocycles. The molecule has 1 aromatic heterocycles. The third-order valence-electron chi connectivity index (χ3n) is 3.18. The van der Waals surface area contributed by atoms with Gasteiger partial charge in [0, 0.05) is 11.6 Å². The van der Waals surface area contributed by atoms with Crippen molar-refractivity contribution in [3.05, 3.63) is 66.1 Å². The van der Waals surface area contributed by atoms with Crippen molar-refractivity contribution in [1.82, 2.24) is 4.98 Å². The maximum Gasteiger partial charge on any atom is 0.125 e. The molecule has 2 N–H and O–H groups in total. The fourth-order valence-electron chi connectivity index (χ4n) is 2.17. The number of fused-ring (bicyclic) bond motifs is 1. The van der Waals surface area contributed by atoms with Gasteiger partial charge >= 0.3 is 0 Å². The summed E-state index contributed by atoms with van der Waals surface area (Å²) in [5.41, 5.74) is 7.77. The van der Waals surface area contributed by atoms with Crippen molar-refractivity contribution < 1.29 is 8.60 Å². The minimum atomic E-state index is -1.31. The van der Waals surface area contributed by atoms with Crippen LogP contribution in [0.4, 0.5) is 10.1 Å². The molecule has 0 bridgehead atoms. The molecular formula is C16H13FN2OS. The molecule has 0 aliphatic rings. The fraction of sp³-hybridized carbons (Fsp3) is 0.0625. The van der Waals surface area contributed by atoms with Crippen molar-refractivity contribution in [3.63, 3.8) is 0 Å². The Labute approximate surface area is 124 Å². The first-order valence-electron chi connectivity index (χ1n) is 6.40. The lowest BCUT2D eigenvalue weighted by Crippen LogP contribution is -2.01. The van der Waals surface area contributed by atoms with Crippen molar-refractivity contribution in [2.24, 2.45) is 0 Å². The smallest absolute Gasteiger partial charge is 0.125 e. The molecule has 3 nitrogen and oxygen atoms in total. The van der Waals surface area contributed by atoms with Crippen LogP contribution in [-0.2, 0) is 16.6 Å². The number of aromatic nitrogens is 1. The molecule has 0 spiro atoms. The zero-order valence-electron chi connectivity index (χ0n) is 11.1. The summed E-state index contributed by atoms with van der Waals surface area (Å²) in [5, 5.41) is 0.999. The first-order chi connectivity index (χ1) is 10.1. The Morgan fingerprint density at radius 1 is 1.14 bits per heavy atom. The zero-order chi connectivity index (χ0) is 14.8. The van der Waals surface area contributed by atoms with Gasteiger partial charge < -0.3 is 5.73 Å². The third-order valence-corrected chi connectivity index (χ3v) is 4.64. The Morgan fingerprint density at radius 2 is 2.00 bits per heavy atom. The van der Waals surface area contributed by atoms with Crippen LogP contribution in [0.25, 0.3) is 10.9 Å². The van der Waals surface area contributed by atoms with E-state index in [4.69, 9.17) is 5.73 Å². The van der Waals surface area contributed by atoms with Gasteiger partial charge in [-0.25, -0.2) is 4.39 Å². The number of nitrogens with zero attached hydrogens (tertiary/aromatic N) is 1. The molecule has 5 heteroatoms. The molecule has 0 saturated carbocycles. The van der Waals surface area contributed by atoms with Crippen LogP contribution in [0.15, 0.2) is 59.6 Å². The second-order valence-corrected chi connectivity index (χ2v) is 6.12. The van der Waals surface area contributed by atoms with E-state index in [1.54, 1.807) is 6.20 Å². The molecule has 3 aromatic rings. The van der Waals surface area contributed by atoms with E-state index < -0.39 is 16.6 Å². The van der Waals surface area contributed by atoms with Crippen LogP contribution in [0.1, 0.15) is 5.56 Å². The van der Waals surface area contributed by atoms with Gasteiger partial charge in [0.2, 0.25) is 0 Å². The average Bonchev–Trinajstić information content (AvgIpc) is 2.47. The van der Waals surface area contributed by atoms with Crippen LogP contribution in [-0.4, -0.2) is 9.19 Å². The van der Waals surface area contributed by atoms with Crippen LogP contribution in [0.3, 0.4) is 0 Å². The van der Waals surface area contributed by atoms with Gasteiger partial charge in [0.1, 0.15) is 5.82 Å². The largest absolute Gasteiger partial charge is 0.398 e. The van der Waals surface area contributed by atoms with Crippen molar-refractivity contribution in [2.75, 3.05) is 5.73 Å². The molecular weight excluding hydrogens is 287 g/mol.